The first-order chi connectivity index (χ1) is 12.5. The highest BCUT2D eigenvalue weighted by Gasteiger charge is 2.46. The molecule has 0 saturated carbocycles. The van der Waals surface area contributed by atoms with Crippen LogP contribution in [0.25, 0.3) is 0 Å². The number of rotatable bonds is 6. The van der Waals surface area contributed by atoms with E-state index in [2.05, 4.69) is 19.2 Å². The van der Waals surface area contributed by atoms with E-state index in [1.165, 1.54) is 10.5 Å². The Balaban J connectivity index is 1.53. The topological polar surface area (TPSA) is 66.5 Å². The predicted molar refractivity (Wildman–Crippen MR) is 100 cm³/mol. The van der Waals surface area contributed by atoms with Gasteiger partial charge < -0.3 is 5.32 Å². The molecular formula is C21H26N2O3. The van der Waals surface area contributed by atoms with Crippen molar-refractivity contribution in [2.24, 2.45) is 11.8 Å². The van der Waals surface area contributed by atoms with Crippen molar-refractivity contribution in [3.63, 3.8) is 0 Å². The van der Waals surface area contributed by atoms with Crippen LogP contribution in [0.4, 0.5) is 5.69 Å². The smallest absolute Gasteiger partial charge is 0.233 e. The average Bonchev–Trinajstić information content (AvgIpc) is 2.91. The molecular weight excluding hydrogens is 328 g/mol. The summed E-state index contributed by atoms with van der Waals surface area (Å²) in [7, 11) is 0. The third kappa shape index (κ3) is 3.71. The van der Waals surface area contributed by atoms with Gasteiger partial charge in [-0.05, 0) is 42.9 Å². The number of nitrogens with zero attached hydrogens (tertiary/aromatic N) is 1. The Labute approximate surface area is 154 Å². The van der Waals surface area contributed by atoms with Crippen LogP contribution in [0.2, 0.25) is 0 Å². The molecule has 1 saturated heterocycles. The largest absolute Gasteiger partial charge is 0.326 e. The van der Waals surface area contributed by atoms with Crippen molar-refractivity contribution < 1.29 is 14.4 Å². The molecule has 138 valence electrons. The summed E-state index contributed by atoms with van der Waals surface area (Å²) in [4.78, 5) is 38.3. The van der Waals surface area contributed by atoms with E-state index in [4.69, 9.17) is 0 Å². The van der Waals surface area contributed by atoms with Crippen molar-refractivity contribution >= 4 is 23.4 Å². The van der Waals surface area contributed by atoms with Gasteiger partial charge in [-0.15, -0.1) is 0 Å². The summed E-state index contributed by atoms with van der Waals surface area (Å²) >= 11 is 0. The van der Waals surface area contributed by atoms with Crippen LogP contribution in [0.1, 0.15) is 51.0 Å². The van der Waals surface area contributed by atoms with Gasteiger partial charge >= 0.3 is 0 Å². The molecule has 1 aromatic rings. The van der Waals surface area contributed by atoms with E-state index in [1.54, 1.807) is 0 Å². The highest BCUT2D eigenvalue weighted by molar-refractivity contribution is 6.05. The molecule has 1 aliphatic carbocycles. The molecule has 26 heavy (non-hydrogen) atoms. The number of fused-ring (bicyclic) bond motifs is 1. The number of carbonyl (C=O) groups excluding carboxylic acids is 3. The number of hydrogen-bond acceptors (Lipinski definition) is 3. The summed E-state index contributed by atoms with van der Waals surface area (Å²) in [5.74, 6) is -0.419. The first-order valence-electron chi connectivity index (χ1n) is 9.41. The SMILES string of the molecule is CC[C@H](C)c1ccc(NC(=O)CCN2C(=O)[C@H]3CC=CC[C@@H]3C2=O)cc1. The molecule has 5 nitrogen and oxygen atoms in total. The fraction of sp³-hybridized carbons (Fsp3) is 0.476. The molecule has 0 radical (unpaired) electrons. The molecule has 3 atom stereocenters. The lowest BCUT2D eigenvalue weighted by atomic mass is 9.85. The van der Waals surface area contributed by atoms with Crippen molar-refractivity contribution in [3.05, 3.63) is 42.0 Å². The molecule has 2 aliphatic rings. The van der Waals surface area contributed by atoms with Crippen LogP contribution in [0.15, 0.2) is 36.4 Å². The Bertz CT molecular complexity index is 697. The van der Waals surface area contributed by atoms with E-state index in [-0.39, 0.29) is 42.5 Å². The van der Waals surface area contributed by atoms with Crippen LogP contribution in [0.5, 0.6) is 0 Å². The van der Waals surface area contributed by atoms with Crippen molar-refractivity contribution in [3.8, 4) is 0 Å². The Kier molecular flexibility index (Phi) is 5.55. The van der Waals surface area contributed by atoms with Crippen LogP contribution in [-0.4, -0.2) is 29.2 Å². The quantitative estimate of drug-likeness (QED) is 0.628. The van der Waals surface area contributed by atoms with E-state index in [9.17, 15) is 14.4 Å². The summed E-state index contributed by atoms with van der Waals surface area (Å²) in [5, 5.41) is 2.84. The molecule has 0 unspecified atom stereocenters. The van der Waals surface area contributed by atoms with Crippen LogP contribution < -0.4 is 5.32 Å². The Hall–Kier alpha value is -2.43. The number of nitrogens with one attached hydrogen (secondary N) is 1. The monoisotopic (exact) mass is 354 g/mol. The molecule has 5 heteroatoms. The number of likely N-dealkylation sites (tertiary alicyclic amines) is 1. The van der Waals surface area contributed by atoms with Crippen molar-refractivity contribution in [1.82, 2.24) is 4.90 Å². The lowest BCUT2D eigenvalue weighted by Gasteiger charge is -2.15. The van der Waals surface area contributed by atoms with Gasteiger partial charge in [0.05, 0.1) is 11.8 Å². The second kappa shape index (κ2) is 7.85. The summed E-state index contributed by atoms with van der Waals surface area (Å²) in [6, 6.07) is 7.83. The van der Waals surface area contributed by atoms with Crippen molar-refractivity contribution in [1.29, 1.82) is 0 Å². The van der Waals surface area contributed by atoms with Gasteiger partial charge in [0.15, 0.2) is 0 Å². The highest BCUT2D eigenvalue weighted by Crippen LogP contribution is 2.35. The Morgan fingerprint density at radius 1 is 1.12 bits per heavy atom. The molecule has 1 aliphatic heterocycles. The maximum Gasteiger partial charge on any atom is 0.233 e. The number of amides is 3. The lowest BCUT2D eigenvalue weighted by molar-refractivity contribution is -0.140. The standard InChI is InChI=1S/C21H26N2O3/c1-3-14(2)15-8-10-16(11-9-15)22-19(24)12-13-23-20(25)17-6-4-5-7-18(17)21(23)26/h4-5,8-11,14,17-18H,3,6-7,12-13H2,1-2H3,(H,22,24)/t14-,17-,18-/m0/s1. The molecule has 1 aromatic carbocycles. The van der Waals surface area contributed by atoms with E-state index >= 15 is 0 Å². The molecule has 1 N–H and O–H groups in total. The van der Waals surface area contributed by atoms with Crippen LogP contribution >= 0.6 is 0 Å². The minimum absolute atomic E-state index is 0.122. The molecule has 3 rings (SSSR count). The number of benzene rings is 1. The minimum Gasteiger partial charge on any atom is -0.326 e. The second-order valence-corrected chi connectivity index (χ2v) is 7.21. The van der Waals surface area contributed by atoms with Crippen molar-refractivity contribution in [2.45, 2.75) is 45.4 Å². The van der Waals surface area contributed by atoms with Gasteiger partial charge in [-0.25, -0.2) is 0 Å². The number of allylic oxidation sites excluding steroid dienone is 2. The van der Waals surface area contributed by atoms with Gasteiger partial charge in [0, 0.05) is 18.7 Å². The fourth-order valence-electron chi connectivity index (χ4n) is 3.66. The number of anilines is 1. The van der Waals surface area contributed by atoms with Crippen LogP contribution in [0, 0.1) is 11.8 Å². The summed E-state index contributed by atoms with van der Waals surface area (Å²) in [6.45, 7) is 4.47. The fourth-order valence-corrected chi connectivity index (χ4v) is 3.66. The second-order valence-electron chi connectivity index (χ2n) is 7.21. The van der Waals surface area contributed by atoms with Gasteiger partial charge in [0.25, 0.3) is 0 Å². The highest BCUT2D eigenvalue weighted by atomic mass is 16.2. The summed E-state index contributed by atoms with van der Waals surface area (Å²) in [5.41, 5.74) is 1.98. The van der Waals surface area contributed by atoms with Gasteiger partial charge in [0.2, 0.25) is 17.7 Å². The molecule has 0 aromatic heterocycles. The molecule has 1 heterocycles. The molecule has 1 fully saturated rings. The van der Waals surface area contributed by atoms with Crippen LogP contribution in [0.3, 0.4) is 0 Å². The average molecular weight is 354 g/mol. The van der Waals surface area contributed by atoms with E-state index < -0.39 is 0 Å². The Morgan fingerprint density at radius 3 is 2.23 bits per heavy atom. The predicted octanol–water partition coefficient (Wildman–Crippen LogP) is 3.48. The number of imide groups is 1. The first kappa shape index (κ1) is 18.4. The zero-order valence-electron chi connectivity index (χ0n) is 15.4. The Morgan fingerprint density at radius 2 is 1.69 bits per heavy atom. The lowest BCUT2D eigenvalue weighted by Crippen LogP contribution is -2.34. The third-order valence-electron chi connectivity index (χ3n) is 5.54. The van der Waals surface area contributed by atoms with E-state index in [0.717, 1.165) is 12.1 Å². The van der Waals surface area contributed by atoms with E-state index in [1.807, 2.05) is 36.4 Å². The molecule has 3 amide bonds. The van der Waals surface area contributed by atoms with Gasteiger partial charge in [-0.3, -0.25) is 19.3 Å². The number of hydrogen-bond donors (Lipinski definition) is 1. The third-order valence-corrected chi connectivity index (χ3v) is 5.54. The molecule has 0 spiro atoms. The van der Waals surface area contributed by atoms with Gasteiger partial charge in [-0.1, -0.05) is 38.1 Å². The zero-order chi connectivity index (χ0) is 18.7. The van der Waals surface area contributed by atoms with Gasteiger partial charge in [-0.2, -0.15) is 0 Å². The molecule has 0 bridgehead atoms. The maximum absolute atomic E-state index is 12.4. The summed E-state index contributed by atoms with van der Waals surface area (Å²) < 4.78 is 0. The van der Waals surface area contributed by atoms with Gasteiger partial charge in [0.1, 0.15) is 0 Å². The van der Waals surface area contributed by atoms with Crippen molar-refractivity contribution in [2.75, 3.05) is 11.9 Å². The minimum atomic E-state index is -0.233. The van der Waals surface area contributed by atoms with Crippen LogP contribution in [-0.2, 0) is 14.4 Å². The van der Waals surface area contributed by atoms with E-state index in [0.29, 0.717) is 18.8 Å². The summed E-state index contributed by atoms with van der Waals surface area (Å²) in [6.07, 6.45) is 6.37. The number of carbonyl (C=O) groups is 3. The zero-order valence-corrected chi connectivity index (χ0v) is 15.4. The maximum atomic E-state index is 12.4. The normalized spacial score (nSPS) is 23.1. The first-order valence-corrected chi connectivity index (χ1v) is 9.41.